The summed E-state index contributed by atoms with van der Waals surface area (Å²) in [7, 11) is 0. The van der Waals surface area contributed by atoms with E-state index in [2.05, 4.69) is 6.58 Å². The van der Waals surface area contributed by atoms with Crippen LogP contribution in [0.1, 0.15) is 17.5 Å². The largest absolute Gasteiger partial charge is 0.459 e. The van der Waals surface area contributed by atoms with Gasteiger partial charge < -0.3 is 4.74 Å². The molecular weight excluding hydrogens is 167 g/mol. The molecule has 1 nitrogen and oxygen atoms in total. The molecule has 1 aromatic carbocycles. The van der Waals surface area contributed by atoms with Crippen LogP contribution in [-0.2, 0) is 6.42 Å². The first kappa shape index (κ1) is 8.30. The minimum absolute atomic E-state index is 0.282. The van der Waals surface area contributed by atoms with Gasteiger partial charge in [-0.25, -0.2) is 4.39 Å². The van der Waals surface area contributed by atoms with Gasteiger partial charge in [-0.1, -0.05) is 12.6 Å². The quantitative estimate of drug-likeness (QED) is 0.593. The molecule has 2 heteroatoms. The van der Waals surface area contributed by atoms with Crippen molar-refractivity contribution in [2.75, 3.05) is 0 Å². The molecule has 0 spiro atoms. The van der Waals surface area contributed by atoms with Gasteiger partial charge in [0.25, 0.3) is 0 Å². The first-order valence-corrected chi connectivity index (χ1v) is 4.31. The highest BCUT2D eigenvalue weighted by molar-refractivity contribution is 5.41. The Morgan fingerprint density at radius 1 is 1.38 bits per heavy atom. The van der Waals surface area contributed by atoms with Gasteiger partial charge in [0.1, 0.15) is 0 Å². The average Bonchev–Trinajstić information content (AvgIpc) is 2.06. The first-order valence-electron chi connectivity index (χ1n) is 4.31. The molecule has 0 N–H and O–H groups in total. The molecule has 13 heavy (non-hydrogen) atoms. The van der Waals surface area contributed by atoms with Crippen molar-refractivity contribution in [1.29, 1.82) is 0 Å². The normalized spacial score (nSPS) is 15.1. The predicted octanol–water partition coefficient (Wildman–Crippen LogP) is 2.97. The molecule has 0 aliphatic carbocycles. The third-order valence-corrected chi connectivity index (χ3v) is 2.18. The first-order chi connectivity index (χ1) is 6.16. The van der Waals surface area contributed by atoms with Gasteiger partial charge in [-0.15, -0.1) is 0 Å². The van der Waals surface area contributed by atoms with Crippen LogP contribution in [0.4, 0.5) is 4.39 Å². The van der Waals surface area contributed by atoms with E-state index in [0.717, 1.165) is 24.0 Å². The molecule has 0 amide bonds. The average molecular weight is 178 g/mol. The lowest BCUT2D eigenvalue weighted by molar-refractivity contribution is 0.357. The van der Waals surface area contributed by atoms with E-state index < -0.39 is 0 Å². The van der Waals surface area contributed by atoms with Crippen molar-refractivity contribution < 1.29 is 9.13 Å². The lowest BCUT2D eigenvalue weighted by Crippen LogP contribution is -2.07. The summed E-state index contributed by atoms with van der Waals surface area (Å²) >= 11 is 0. The molecule has 0 fully saturated rings. The molecule has 0 saturated carbocycles. The number of fused-ring (bicyclic) bond motifs is 1. The van der Waals surface area contributed by atoms with Crippen LogP contribution in [0.5, 0.6) is 5.75 Å². The topological polar surface area (TPSA) is 9.23 Å². The molecule has 1 heterocycles. The Labute approximate surface area is 76.8 Å². The molecule has 0 radical (unpaired) electrons. The molecule has 0 saturated heterocycles. The molecular formula is C11H11FO. The summed E-state index contributed by atoms with van der Waals surface area (Å²) in [5.41, 5.74) is 1.89. The lowest BCUT2D eigenvalue weighted by atomic mass is 10.0. The smallest absolute Gasteiger partial charge is 0.166 e. The van der Waals surface area contributed by atoms with Crippen molar-refractivity contribution in [1.82, 2.24) is 0 Å². The van der Waals surface area contributed by atoms with E-state index in [1.54, 1.807) is 0 Å². The van der Waals surface area contributed by atoms with Crippen LogP contribution in [0.25, 0.3) is 0 Å². The summed E-state index contributed by atoms with van der Waals surface area (Å²) in [5, 5.41) is 0. The fourth-order valence-electron chi connectivity index (χ4n) is 1.57. The fourth-order valence-corrected chi connectivity index (χ4v) is 1.57. The third-order valence-electron chi connectivity index (χ3n) is 2.18. The molecule has 1 aromatic rings. The molecule has 0 aromatic heterocycles. The number of ether oxygens (including phenoxy) is 1. The van der Waals surface area contributed by atoms with E-state index in [1.807, 2.05) is 13.0 Å². The maximum Gasteiger partial charge on any atom is 0.166 e. The summed E-state index contributed by atoms with van der Waals surface area (Å²) in [5.74, 6) is 0.730. The molecule has 0 bridgehead atoms. The fraction of sp³-hybridized carbons (Fsp3) is 0.273. The van der Waals surface area contributed by atoms with Crippen molar-refractivity contribution in [2.45, 2.75) is 19.8 Å². The van der Waals surface area contributed by atoms with Gasteiger partial charge >= 0.3 is 0 Å². The van der Waals surface area contributed by atoms with Crippen LogP contribution in [0, 0.1) is 12.7 Å². The van der Waals surface area contributed by atoms with Gasteiger partial charge in [0.2, 0.25) is 0 Å². The van der Waals surface area contributed by atoms with E-state index in [9.17, 15) is 4.39 Å². The number of hydrogen-bond acceptors (Lipinski definition) is 1. The Morgan fingerprint density at radius 2 is 2.15 bits per heavy atom. The van der Waals surface area contributed by atoms with E-state index in [-0.39, 0.29) is 5.82 Å². The second kappa shape index (κ2) is 2.87. The Morgan fingerprint density at radius 3 is 2.92 bits per heavy atom. The van der Waals surface area contributed by atoms with Gasteiger partial charge in [0, 0.05) is 6.42 Å². The van der Waals surface area contributed by atoms with Crippen LogP contribution in [0.3, 0.4) is 0 Å². The van der Waals surface area contributed by atoms with Gasteiger partial charge in [0.15, 0.2) is 11.6 Å². The zero-order valence-corrected chi connectivity index (χ0v) is 7.56. The number of rotatable bonds is 0. The molecule has 0 unspecified atom stereocenters. The predicted molar refractivity (Wildman–Crippen MR) is 49.2 cm³/mol. The molecule has 1 aliphatic rings. The van der Waals surface area contributed by atoms with Crippen LogP contribution in [-0.4, -0.2) is 0 Å². The summed E-state index contributed by atoms with van der Waals surface area (Å²) in [6, 6.07) is 3.45. The maximum absolute atomic E-state index is 13.3. The lowest BCUT2D eigenvalue weighted by Gasteiger charge is -2.19. The summed E-state index contributed by atoms with van der Waals surface area (Å²) in [6.45, 7) is 5.57. The van der Waals surface area contributed by atoms with Crippen LogP contribution in [0.2, 0.25) is 0 Å². The van der Waals surface area contributed by atoms with Crippen molar-refractivity contribution >= 4 is 0 Å². The van der Waals surface area contributed by atoms with Gasteiger partial charge in [-0.2, -0.15) is 0 Å². The van der Waals surface area contributed by atoms with Crippen LogP contribution < -0.4 is 4.74 Å². The molecule has 0 atom stereocenters. The second-order valence-electron chi connectivity index (χ2n) is 3.38. The van der Waals surface area contributed by atoms with Crippen molar-refractivity contribution in [3.63, 3.8) is 0 Å². The van der Waals surface area contributed by atoms with E-state index in [1.165, 1.54) is 6.07 Å². The standard InChI is InChI=1S/C11H11FO/c1-7-5-9-4-3-8(2)13-11(9)10(12)6-7/h5-6H,2-4H2,1H3. The summed E-state index contributed by atoms with van der Waals surface area (Å²) < 4.78 is 18.6. The van der Waals surface area contributed by atoms with E-state index >= 15 is 0 Å². The van der Waals surface area contributed by atoms with E-state index in [0.29, 0.717) is 11.5 Å². The van der Waals surface area contributed by atoms with Crippen molar-refractivity contribution in [3.8, 4) is 5.75 Å². The number of allylic oxidation sites excluding steroid dienone is 1. The Kier molecular flexibility index (Phi) is 1.83. The monoisotopic (exact) mass is 178 g/mol. The van der Waals surface area contributed by atoms with Gasteiger partial charge in [0.05, 0.1) is 5.76 Å². The highest BCUT2D eigenvalue weighted by Crippen LogP contribution is 2.32. The maximum atomic E-state index is 13.3. The second-order valence-corrected chi connectivity index (χ2v) is 3.38. The number of hydrogen-bond donors (Lipinski definition) is 0. The molecule has 1 aliphatic heterocycles. The zero-order chi connectivity index (χ0) is 9.42. The molecule has 68 valence electrons. The van der Waals surface area contributed by atoms with Gasteiger partial charge in [-0.3, -0.25) is 0 Å². The Hall–Kier alpha value is -1.31. The third kappa shape index (κ3) is 1.44. The zero-order valence-electron chi connectivity index (χ0n) is 7.56. The Balaban J connectivity index is 2.53. The van der Waals surface area contributed by atoms with Crippen LogP contribution in [0.15, 0.2) is 24.5 Å². The minimum Gasteiger partial charge on any atom is -0.459 e. The number of benzene rings is 1. The summed E-state index contributed by atoms with van der Waals surface area (Å²) in [4.78, 5) is 0. The van der Waals surface area contributed by atoms with Crippen molar-refractivity contribution in [3.05, 3.63) is 41.4 Å². The minimum atomic E-state index is -0.282. The Bertz CT molecular complexity index is 369. The highest BCUT2D eigenvalue weighted by atomic mass is 19.1. The number of aryl methyl sites for hydroxylation is 2. The molecule has 2 rings (SSSR count). The summed E-state index contributed by atoms with van der Waals surface area (Å²) in [6.07, 6.45) is 1.61. The van der Waals surface area contributed by atoms with Gasteiger partial charge in [-0.05, 0) is 30.5 Å². The van der Waals surface area contributed by atoms with Crippen LogP contribution >= 0.6 is 0 Å². The van der Waals surface area contributed by atoms with Crippen molar-refractivity contribution in [2.24, 2.45) is 0 Å². The SMILES string of the molecule is C=C1CCc2cc(C)cc(F)c2O1. The van der Waals surface area contributed by atoms with E-state index in [4.69, 9.17) is 4.74 Å². The highest BCUT2D eigenvalue weighted by Gasteiger charge is 2.17. The number of halogens is 1.